The zero-order valence-electron chi connectivity index (χ0n) is 9.59. The van der Waals surface area contributed by atoms with E-state index in [1.807, 2.05) is 12.1 Å². The number of rotatable bonds is 3. The molecule has 0 aromatic heterocycles. The van der Waals surface area contributed by atoms with Crippen LogP contribution in [0.5, 0.6) is 0 Å². The van der Waals surface area contributed by atoms with Crippen molar-refractivity contribution in [1.29, 1.82) is 0 Å². The summed E-state index contributed by atoms with van der Waals surface area (Å²) in [7, 11) is 0. The topological polar surface area (TPSA) is 17.1 Å². The average molecular weight is 453 g/mol. The van der Waals surface area contributed by atoms with Crippen molar-refractivity contribution in [3.05, 3.63) is 66.4 Å². The van der Waals surface area contributed by atoms with Gasteiger partial charge in [-0.05, 0) is 52.4 Å². The van der Waals surface area contributed by atoms with Crippen LogP contribution in [-0.2, 0) is 6.42 Å². The molecule has 0 N–H and O–H groups in total. The van der Waals surface area contributed by atoms with Crippen LogP contribution in [0.25, 0.3) is 0 Å². The molecule has 1 nitrogen and oxygen atoms in total. The lowest BCUT2D eigenvalue weighted by molar-refractivity contribution is 0.0992. The molecule has 0 aliphatic heterocycles. The van der Waals surface area contributed by atoms with Crippen LogP contribution in [0.3, 0.4) is 0 Å². The molecule has 0 saturated heterocycles. The van der Waals surface area contributed by atoms with Gasteiger partial charge in [0.1, 0.15) is 5.82 Å². The first-order chi connectivity index (χ1) is 8.99. The highest BCUT2D eigenvalue weighted by molar-refractivity contribution is 14.1. The van der Waals surface area contributed by atoms with Gasteiger partial charge in [-0.1, -0.05) is 39.7 Å². The molecule has 0 fully saturated rings. The fraction of sp³-hybridized carbons (Fsp3) is 0.0714. The molecule has 0 saturated carbocycles. The largest absolute Gasteiger partial charge is 0.294 e. The van der Waals surface area contributed by atoms with Gasteiger partial charge in [-0.2, -0.15) is 0 Å². The minimum atomic E-state index is -0.504. The van der Waals surface area contributed by atoms with Crippen LogP contribution >= 0.6 is 50.1 Å². The Labute approximate surface area is 137 Å². The number of ketones is 1. The second-order valence-electron chi connectivity index (χ2n) is 3.94. The Bertz CT molecular complexity index is 645. The van der Waals surface area contributed by atoms with Crippen molar-refractivity contribution >= 4 is 55.9 Å². The van der Waals surface area contributed by atoms with Crippen molar-refractivity contribution in [2.75, 3.05) is 0 Å². The molecule has 2 rings (SSSR count). The summed E-state index contributed by atoms with van der Waals surface area (Å²) in [5, 5.41) is 0.0147. The Hall–Kier alpha value is -0.460. The van der Waals surface area contributed by atoms with Crippen molar-refractivity contribution in [3.63, 3.8) is 0 Å². The number of halogens is 4. The lowest BCUT2D eigenvalue weighted by atomic mass is 10.0. The summed E-state index contributed by atoms with van der Waals surface area (Å²) in [6.07, 6.45) is 0.0864. The second kappa shape index (κ2) is 6.33. The Morgan fingerprint density at radius 1 is 1.32 bits per heavy atom. The van der Waals surface area contributed by atoms with Crippen molar-refractivity contribution in [1.82, 2.24) is 0 Å². The molecule has 0 amide bonds. The highest BCUT2D eigenvalue weighted by Gasteiger charge is 2.14. The molecule has 19 heavy (non-hydrogen) atoms. The summed E-state index contributed by atoms with van der Waals surface area (Å²) in [6.45, 7) is 0. The van der Waals surface area contributed by atoms with Crippen molar-refractivity contribution in [2.24, 2.45) is 0 Å². The standard InChI is InChI=1S/C14H8BrClFIO/c15-9-4-5-12(18)10(7-9)13(19)6-8-2-1-3-11(17)14(8)16/h1-5,7H,6H2. The average Bonchev–Trinajstić information content (AvgIpc) is 2.38. The normalized spacial score (nSPS) is 10.5. The van der Waals surface area contributed by atoms with E-state index in [2.05, 4.69) is 38.5 Å². The number of carbonyl (C=O) groups excluding carboxylic acids is 1. The van der Waals surface area contributed by atoms with Gasteiger partial charge in [-0.15, -0.1) is 0 Å². The summed E-state index contributed by atoms with van der Waals surface area (Å²) >= 11 is 11.3. The molecular formula is C14H8BrClFIO. The summed E-state index contributed by atoms with van der Waals surface area (Å²) in [5.41, 5.74) is 1.11. The van der Waals surface area contributed by atoms with Gasteiger partial charge in [0.15, 0.2) is 5.78 Å². The van der Waals surface area contributed by atoms with E-state index in [0.29, 0.717) is 11.1 Å². The molecule has 2 aromatic carbocycles. The van der Waals surface area contributed by atoms with Gasteiger partial charge in [-0.25, -0.2) is 4.39 Å². The molecule has 98 valence electrons. The minimum Gasteiger partial charge on any atom is -0.294 e. The number of benzene rings is 2. The van der Waals surface area contributed by atoms with E-state index in [1.54, 1.807) is 18.2 Å². The fourth-order valence-corrected chi connectivity index (χ4v) is 2.85. The molecule has 5 heteroatoms. The molecule has 0 aliphatic carbocycles. The molecule has 0 atom stereocenters. The minimum absolute atomic E-state index is 0.0147. The van der Waals surface area contributed by atoms with E-state index in [4.69, 9.17) is 11.6 Å². The van der Waals surface area contributed by atoms with E-state index >= 15 is 0 Å². The number of Topliss-reactive ketones (excluding diaryl/α,β-unsaturated/α-hetero) is 1. The third-order valence-corrected chi connectivity index (χ3v) is 4.47. The monoisotopic (exact) mass is 452 g/mol. The predicted molar refractivity (Wildman–Crippen MR) is 86.3 cm³/mol. The zero-order chi connectivity index (χ0) is 14.0. The van der Waals surface area contributed by atoms with E-state index < -0.39 is 5.82 Å². The predicted octanol–water partition coefficient (Wildman–Crippen LogP) is 5.27. The van der Waals surface area contributed by atoms with E-state index in [-0.39, 0.29) is 17.2 Å². The van der Waals surface area contributed by atoms with E-state index in [1.165, 1.54) is 6.07 Å². The molecule has 0 spiro atoms. The van der Waals surface area contributed by atoms with E-state index in [0.717, 1.165) is 8.04 Å². The lowest BCUT2D eigenvalue weighted by Gasteiger charge is -2.07. The van der Waals surface area contributed by atoms with Crippen LogP contribution in [0, 0.1) is 9.39 Å². The van der Waals surface area contributed by atoms with Crippen molar-refractivity contribution in [3.8, 4) is 0 Å². The van der Waals surface area contributed by atoms with Gasteiger partial charge in [-0.3, -0.25) is 4.79 Å². The fourth-order valence-electron chi connectivity index (χ4n) is 1.66. The Kier molecular flexibility index (Phi) is 4.97. The quantitative estimate of drug-likeness (QED) is 0.457. The van der Waals surface area contributed by atoms with Gasteiger partial charge in [0.2, 0.25) is 0 Å². The zero-order valence-corrected chi connectivity index (χ0v) is 14.1. The van der Waals surface area contributed by atoms with Gasteiger partial charge < -0.3 is 0 Å². The maximum absolute atomic E-state index is 13.3. The Morgan fingerprint density at radius 3 is 2.79 bits per heavy atom. The summed E-state index contributed by atoms with van der Waals surface area (Å²) in [6, 6.07) is 9.97. The van der Waals surface area contributed by atoms with Crippen LogP contribution in [0.15, 0.2) is 40.9 Å². The highest BCUT2D eigenvalue weighted by Crippen LogP contribution is 2.24. The Balaban J connectivity index is 2.31. The molecule has 0 aliphatic rings. The van der Waals surface area contributed by atoms with Crippen LogP contribution in [0.2, 0.25) is 5.02 Å². The lowest BCUT2D eigenvalue weighted by Crippen LogP contribution is -2.06. The van der Waals surface area contributed by atoms with Gasteiger partial charge >= 0.3 is 0 Å². The number of hydrogen-bond acceptors (Lipinski definition) is 1. The molecule has 0 heterocycles. The summed E-state index contributed by atoms with van der Waals surface area (Å²) in [5.74, 6) is -0.589. The Morgan fingerprint density at radius 2 is 2.05 bits per heavy atom. The van der Waals surface area contributed by atoms with Crippen molar-refractivity contribution < 1.29 is 9.18 Å². The molecule has 0 radical (unpaired) electrons. The molecule has 0 bridgehead atoms. The maximum Gasteiger partial charge on any atom is 0.168 e. The smallest absolute Gasteiger partial charge is 0.168 e. The first-order valence-electron chi connectivity index (χ1n) is 5.40. The van der Waals surface area contributed by atoms with Crippen molar-refractivity contribution in [2.45, 2.75) is 6.42 Å². The number of hydrogen-bond donors (Lipinski definition) is 0. The summed E-state index contributed by atoms with van der Waals surface area (Å²) < 4.78 is 15.0. The summed E-state index contributed by atoms with van der Waals surface area (Å²) in [4.78, 5) is 12.2. The van der Waals surface area contributed by atoms with Gasteiger partial charge in [0.05, 0.1) is 5.02 Å². The maximum atomic E-state index is 13.3. The van der Waals surface area contributed by atoms with Crippen LogP contribution < -0.4 is 0 Å². The number of carbonyl (C=O) groups is 1. The molecule has 0 unspecified atom stereocenters. The second-order valence-corrected chi connectivity index (χ2v) is 6.39. The SMILES string of the molecule is O=C(Cc1cccc(F)c1Cl)c1cc(Br)ccc1I. The first-order valence-corrected chi connectivity index (χ1v) is 7.65. The van der Waals surface area contributed by atoms with E-state index in [9.17, 15) is 9.18 Å². The van der Waals surface area contributed by atoms with Gasteiger partial charge in [0, 0.05) is 20.0 Å². The molecule has 2 aromatic rings. The molecular weight excluding hydrogens is 445 g/mol. The van der Waals surface area contributed by atoms with Crippen LogP contribution in [0.1, 0.15) is 15.9 Å². The van der Waals surface area contributed by atoms with Crippen LogP contribution in [0.4, 0.5) is 4.39 Å². The first kappa shape index (κ1) is 14.9. The van der Waals surface area contributed by atoms with Crippen LogP contribution in [-0.4, -0.2) is 5.78 Å². The van der Waals surface area contributed by atoms with Gasteiger partial charge in [0.25, 0.3) is 0 Å². The third kappa shape index (κ3) is 3.55. The third-order valence-electron chi connectivity index (χ3n) is 2.61. The highest BCUT2D eigenvalue weighted by atomic mass is 127.